The Morgan fingerprint density at radius 3 is 1.55 bits per heavy atom. The average molecular weight is 157 g/mol. The third-order valence-electron chi connectivity index (χ3n) is 0.368. The molecule has 0 heterocycles. The van der Waals surface area contributed by atoms with Crippen LogP contribution in [-0.2, 0) is 9.59 Å². The molecular weight excluding hydrogens is 150 g/mol. The maximum atomic E-state index is 9.55. The monoisotopic (exact) mass is 157 g/mol. The van der Waals surface area contributed by atoms with Crippen LogP contribution in [0.3, 0.4) is 0 Å². The molecule has 0 aliphatic heterocycles. The van der Waals surface area contributed by atoms with Gasteiger partial charge in [-0.05, 0) is 0 Å². The smallest absolute Gasteiger partial charge is 0.328 e. The lowest BCUT2D eigenvalue weighted by atomic mass is 10.5. The van der Waals surface area contributed by atoms with Crippen LogP contribution < -0.4 is 0 Å². The fraction of sp³-hybridized carbons (Fsp3) is 0.167. The molecular formula is C6H7NO4. The normalized spacial score (nSPS) is 7.64. The van der Waals surface area contributed by atoms with Gasteiger partial charge < -0.3 is 10.2 Å². The number of rotatable bonds is 2. The largest absolute Gasteiger partial charge is 0.478 e. The predicted molar refractivity (Wildman–Crippen MR) is 35.7 cm³/mol. The van der Waals surface area contributed by atoms with E-state index in [1.165, 1.54) is 6.92 Å². The molecule has 0 fully saturated rings. The third-order valence-corrected chi connectivity index (χ3v) is 0.368. The quantitative estimate of drug-likeness (QED) is 0.559. The minimum absolute atomic E-state index is 0.558. The highest BCUT2D eigenvalue weighted by Gasteiger charge is 1.88. The number of carboxylic acid groups (broad SMARTS) is 2. The van der Waals surface area contributed by atoms with Gasteiger partial charge >= 0.3 is 11.9 Å². The highest BCUT2D eigenvalue weighted by molar-refractivity contribution is 5.89. The SMILES string of the molecule is CC#N.O=C(O)/C=C\C(=O)O. The second-order valence-corrected chi connectivity index (χ2v) is 1.23. The Hall–Kier alpha value is -1.83. The van der Waals surface area contributed by atoms with Crippen LogP contribution in [-0.4, -0.2) is 22.2 Å². The van der Waals surface area contributed by atoms with Crippen molar-refractivity contribution >= 4 is 11.9 Å². The molecule has 0 aliphatic carbocycles. The lowest BCUT2D eigenvalue weighted by Crippen LogP contribution is -1.91. The van der Waals surface area contributed by atoms with E-state index in [2.05, 4.69) is 0 Å². The summed E-state index contributed by atoms with van der Waals surface area (Å²) in [6.45, 7) is 1.43. The van der Waals surface area contributed by atoms with Gasteiger partial charge in [0.15, 0.2) is 0 Å². The molecule has 0 unspecified atom stereocenters. The lowest BCUT2D eigenvalue weighted by molar-refractivity contribution is -0.134. The fourth-order valence-electron chi connectivity index (χ4n) is 0.143. The van der Waals surface area contributed by atoms with E-state index in [4.69, 9.17) is 15.5 Å². The summed E-state index contributed by atoms with van der Waals surface area (Å²) in [5.74, 6) is -2.51. The van der Waals surface area contributed by atoms with E-state index in [1.807, 2.05) is 0 Å². The minimum atomic E-state index is -1.26. The van der Waals surface area contributed by atoms with Gasteiger partial charge in [0.25, 0.3) is 0 Å². The zero-order valence-electron chi connectivity index (χ0n) is 5.81. The highest BCUT2D eigenvalue weighted by Crippen LogP contribution is 1.70. The van der Waals surface area contributed by atoms with E-state index in [0.717, 1.165) is 0 Å². The molecule has 0 bridgehead atoms. The zero-order valence-corrected chi connectivity index (χ0v) is 5.81. The second kappa shape index (κ2) is 8.17. The molecule has 5 heteroatoms. The van der Waals surface area contributed by atoms with Crippen molar-refractivity contribution in [3.63, 3.8) is 0 Å². The number of carboxylic acids is 2. The van der Waals surface area contributed by atoms with Gasteiger partial charge in [0.05, 0.1) is 6.07 Å². The molecule has 0 aromatic heterocycles. The van der Waals surface area contributed by atoms with Gasteiger partial charge in [-0.2, -0.15) is 5.26 Å². The van der Waals surface area contributed by atoms with Crippen molar-refractivity contribution in [2.24, 2.45) is 0 Å². The van der Waals surface area contributed by atoms with Crippen LogP contribution in [0.2, 0.25) is 0 Å². The van der Waals surface area contributed by atoms with Crippen LogP contribution in [0.1, 0.15) is 6.92 Å². The van der Waals surface area contributed by atoms with Crippen LogP contribution in [0.25, 0.3) is 0 Å². The first-order valence-electron chi connectivity index (χ1n) is 2.49. The highest BCUT2D eigenvalue weighted by atomic mass is 16.4. The summed E-state index contributed by atoms with van der Waals surface area (Å²) in [6, 6.07) is 1.75. The van der Waals surface area contributed by atoms with Crippen molar-refractivity contribution in [1.29, 1.82) is 5.26 Å². The minimum Gasteiger partial charge on any atom is -0.478 e. The Balaban J connectivity index is 0. The summed E-state index contributed by atoms with van der Waals surface area (Å²) in [5.41, 5.74) is 0. The third kappa shape index (κ3) is 31.0. The fourth-order valence-corrected chi connectivity index (χ4v) is 0.143. The molecule has 0 amide bonds. The summed E-state index contributed by atoms with van der Waals surface area (Å²) in [4.78, 5) is 19.1. The van der Waals surface area contributed by atoms with Crippen molar-refractivity contribution in [2.75, 3.05) is 0 Å². The van der Waals surface area contributed by atoms with Crippen molar-refractivity contribution in [3.05, 3.63) is 12.2 Å². The molecule has 0 radical (unpaired) electrons. The molecule has 0 atom stereocenters. The van der Waals surface area contributed by atoms with E-state index in [9.17, 15) is 9.59 Å². The summed E-state index contributed by atoms with van der Waals surface area (Å²) >= 11 is 0. The Bertz CT molecular complexity index is 185. The summed E-state index contributed by atoms with van der Waals surface area (Å²) in [7, 11) is 0. The molecule has 0 aromatic carbocycles. The van der Waals surface area contributed by atoms with Gasteiger partial charge in [0, 0.05) is 19.1 Å². The molecule has 2 N–H and O–H groups in total. The van der Waals surface area contributed by atoms with Crippen LogP contribution in [0.5, 0.6) is 0 Å². The van der Waals surface area contributed by atoms with Gasteiger partial charge in [-0.3, -0.25) is 0 Å². The summed E-state index contributed by atoms with van der Waals surface area (Å²) < 4.78 is 0. The number of hydrogen-bond acceptors (Lipinski definition) is 3. The number of aliphatic carboxylic acids is 2. The Labute approximate surface area is 63.2 Å². The van der Waals surface area contributed by atoms with Crippen molar-refractivity contribution in [1.82, 2.24) is 0 Å². The van der Waals surface area contributed by atoms with Crippen molar-refractivity contribution < 1.29 is 19.8 Å². The molecule has 0 aliphatic rings. The van der Waals surface area contributed by atoms with Gasteiger partial charge in [-0.25, -0.2) is 9.59 Å². The summed E-state index contributed by atoms with van der Waals surface area (Å²) in [5, 5.41) is 22.9. The average Bonchev–Trinajstić information content (AvgIpc) is 1.85. The number of nitriles is 1. The van der Waals surface area contributed by atoms with Crippen LogP contribution >= 0.6 is 0 Å². The van der Waals surface area contributed by atoms with Gasteiger partial charge in [0.1, 0.15) is 0 Å². The van der Waals surface area contributed by atoms with Crippen molar-refractivity contribution in [2.45, 2.75) is 6.92 Å². The first-order valence-corrected chi connectivity index (χ1v) is 2.49. The van der Waals surface area contributed by atoms with Crippen LogP contribution in [0.15, 0.2) is 12.2 Å². The van der Waals surface area contributed by atoms with E-state index in [0.29, 0.717) is 12.2 Å². The Morgan fingerprint density at radius 2 is 1.45 bits per heavy atom. The molecule has 0 spiro atoms. The molecule has 0 saturated carbocycles. The Kier molecular flexibility index (Phi) is 8.84. The van der Waals surface area contributed by atoms with Gasteiger partial charge in [-0.1, -0.05) is 0 Å². The number of hydrogen-bond donors (Lipinski definition) is 2. The number of carbonyl (C=O) groups is 2. The second-order valence-electron chi connectivity index (χ2n) is 1.23. The lowest BCUT2D eigenvalue weighted by Gasteiger charge is -1.74. The maximum Gasteiger partial charge on any atom is 0.328 e. The van der Waals surface area contributed by atoms with Crippen molar-refractivity contribution in [3.8, 4) is 6.07 Å². The first kappa shape index (κ1) is 11.9. The maximum absolute atomic E-state index is 9.55. The molecule has 11 heavy (non-hydrogen) atoms. The molecule has 0 aromatic rings. The first-order chi connectivity index (χ1) is 5.04. The summed E-state index contributed by atoms with van der Waals surface area (Å²) in [6.07, 6.45) is 1.12. The molecule has 5 nitrogen and oxygen atoms in total. The zero-order chi connectivity index (χ0) is 9.28. The molecule has 0 rings (SSSR count). The number of nitrogens with zero attached hydrogens (tertiary/aromatic N) is 1. The van der Waals surface area contributed by atoms with E-state index < -0.39 is 11.9 Å². The van der Waals surface area contributed by atoms with Gasteiger partial charge in [0.2, 0.25) is 0 Å². The predicted octanol–water partition coefficient (Wildman–Crippen LogP) is 0.242. The van der Waals surface area contributed by atoms with E-state index in [-0.39, 0.29) is 0 Å². The van der Waals surface area contributed by atoms with Gasteiger partial charge in [-0.15, -0.1) is 0 Å². The van der Waals surface area contributed by atoms with Crippen LogP contribution in [0, 0.1) is 11.3 Å². The van der Waals surface area contributed by atoms with Crippen LogP contribution in [0.4, 0.5) is 0 Å². The Morgan fingerprint density at radius 1 is 1.27 bits per heavy atom. The van der Waals surface area contributed by atoms with E-state index >= 15 is 0 Å². The molecule has 60 valence electrons. The topological polar surface area (TPSA) is 98.4 Å². The standard InChI is InChI=1S/C4H4O4.C2H3N/c5-3(6)1-2-4(7)8;1-2-3/h1-2H,(H,5,6)(H,7,8);1H3/b2-1-;. The molecule has 0 saturated heterocycles. The van der Waals surface area contributed by atoms with E-state index in [1.54, 1.807) is 6.07 Å².